The standard InChI is InChI=1S/C28H38O5/c1-16(29)10-13-25(6)20-11-14-26(7)19-12-15-27(26,21(20)8-9-22(25)30)33-28(17(19)2)23(31)18(3)24(4,5)32-28/h8-9,11,14,17-19,23,31H,10,12-13,15H2,1-7H3. The Balaban J connectivity index is 1.67. The monoisotopic (exact) mass is 454 g/mol. The van der Waals surface area contributed by atoms with Crippen molar-refractivity contribution >= 4 is 11.6 Å². The van der Waals surface area contributed by atoms with Crippen molar-refractivity contribution < 1.29 is 24.2 Å². The number of hydrogen-bond donors (Lipinski definition) is 1. The maximum Gasteiger partial charge on any atom is 0.199 e. The Morgan fingerprint density at radius 3 is 2.36 bits per heavy atom. The highest BCUT2D eigenvalue weighted by atomic mass is 16.7. The van der Waals surface area contributed by atoms with E-state index in [1.54, 1.807) is 13.0 Å². The van der Waals surface area contributed by atoms with E-state index in [0.717, 1.165) is 24.0 Å². The van der Waals surface area contributed by atoms with E-state index < -0.39 is 28.5 Å². The van der Waals surface area contributed by atoms with Crippen LogP contribution in [-0.2, 0) is 19.1 Å². The molecule has 2 saturated heterocycles. The highest BCUT2D eigenvalue weighted by molar-refractivity contribution is 6.00. The van der Waals surface area contributed by atoms with Gasteiger partial charge < -0.3 is 19.4 Å². The number of allylic oxidation sites excluding steroid dienone is 3. The molecular weight excluding hydrogens is 416 g/mol. The highest BCUT2D eigenvalue weighted by Crippen LogP contribution is 2.71. The van der Waals surface area contributed by atoms with Gasteiger partial charge in [-0.3, -0.25) is 4.79 Å². The summed E-state index contributed by atoms with van der Waals surface area (Å²) in [5.41, 5.74) is -0.222. The van der Waals surface area contributed by atoms with Crippen molar-refractivity contribution in [2.45, 2.75) is 97.2 Å². The molecule has 0 amide bonds. The maximum absolute atomic E-state index is 13.1. The van der Waals surface area contributed by atoms with Crippen molar-refractivity contribution in [3.63, 3.8) is 0 Å². The summed E-state index contributed by atoms with van der Waals surface area (Å²) >= 11 is 0. The lowest BCUT2D eigenvalue weighted by molar-refractivity contribution is -0.369. The normalized spacial score (nSPS) is 49.5. The number of rotatable bonds is 3. The molecule has 2 aliphatic heterocycles. The Labute approximate surface area is 197 Å². The lowest BCUT2D eigenvalue weighted by Crippen LogP contribution is -2.67. The third-order valence-corrected chi connectivity index (χ3v) is 10.3. The van der Waals surface area contributed by atoms with Gasteiger partial charge >= 0.3 is 0 Å². The first kappa shape index (κ1) is 23.2. The molecule has 5 aliphatic rings. The topological polar surface area (TPSA) is 72.8 Å². The molecule has 1 saturated carbocycles. The lowest BCUT2D eigenvalue weighted by atomic mass is 9.54. The largest absolute Gasteiger partial charge is 0.387 e. The number of hydrogen-bond acceptors (Lipinski definition) is 5. The van der Waals surface area contributed by atoms with E-state index in [1.807, 2.05) is 33.8 Å². The number of ketones is 2. The molecule has 1 spiro atoms. The van der Waals surface area contributed by atoms with Gasteiger partial charge in [0.05, 0.1) is 11.0 Å². The fourth-order valence-electron chi connectivity index (χ4n) is 7.71. The molecule has 2 bridgehead atoms. The number of carbonyl (C=O) groups excluding carboxylic acids is 2. The second-order valence-corrected chi connectivity index (χ2v) is 12.2. The van der Waals surface area contributed by atoms with Gasteiger partial charge in [0.2, 0.25) is 0 Å². The summed E-state index contributed by atoms with van der Waals surface area (Å²) in [6.07, 6.45) is 9.88. The van der Waals surface area contributed by atoms with Crippen LogP contribution >= 0.6 is 0 Å². The van der Waals surface area contributed by atoms with E-state index in [9.17, 15) is 14.7 Å². The van der Waals surface area contributed by atoms with Gasteiger partial charge in [0.1, 0.15) is 17.5 Å². The van der Waals surface area contributed by atoms with Gasteiger partial charge in [-0.15, -0.1) is 0 Å². The maximum atomic E-state index is 13.1. The first-order chi connectivity index (χ1) is 15.3. The Kier molecular flexibility index (Phi) is 4.76. The van der Waals surface area contributed by atoms with E-state index in [1.165, 1.54) is 0 Å². The highest BCUT2D eigenvalue weighted by Gasteiger charge is 2.75. The predicted octanol–water partition coefficient (Wildman–Crippen LogP) is 4.69. The first-order valence-electron chi connectivity index (χ1n) is 12.5. The molecule has 2 heterocycles. The zero-order chi connectivity index (χ0) is 24.2. The molecule has 180 valence electrons. The molecule has 8 atom stereocenters. The molecule has 0 radical (unpaired) electrons. The number of aliphatic hydroxyl groups is 1. The van der Waals surface area contributed by atoms with E-state index in [4.69, 9.17) is 9.47 Å². The van der Waals surface area contributed by atoms with Gasteiger partial charge in [-0.2, -0.15) is 0 Å². The van der Waals surface area contributed by atoms with Gasteiger partial charge in [-0.25, -0.2) is 0 Å². The van der Waals surface area contributed by atoms with E-state index in [-0.39, 0.29) is 34.7 Å². The molecule has 0 aromatic carbocycles. The van der Waals surface area contributed by atoms with E-state index in [0.29, 0.717) is 12.8 Å². The SMILES string of the molecule is CC(=O)CCC1(C)C(=O)C=CC2=C1C=CC1(C)C3CCC21OC1(OC(C)(C)C(C)C1O)C3C. The van der Waals surface area contributed by atoms with E-state index in [2.05, 4.69) is 26.0 Å². The zero-order valence-electron chi connectivity index (χ0n) is 21.0. The van der Waals surface area contributed by atoms with Crippen LogP contribution in [0.25, 0.3) is 0 Å². The molecule has 5 nitrogen and oxygen atoms in total. The summed E-state index contributed by atoms with van der Waals surface area (Å²) in [4.78, 5) is 24.9. The third-order valence-electron chi connectivity index (χ3n) is 10.3. The molecular formula is C28H38O5. The Morgan fingerprint density at radius 2 is 1.76 bits per heavy atom. The van der Waals surface area contributed by atoms with Crippen molar-refractivity contribution in [2.24, 2.45) is 28.6 Å². The van der Waals surface area contributed by atoms with Crippen LogP contribution in [0.5, 0.6) is 0 Å². The first-order valence-corrected chi connectivity index (χ1v) is 12.5. The molecule has 1 N–H and O–H groups in total. The van der Waals surface area contributed by atoms with Crippen LogP contribution in [0, 0.1) is 28.6 Å². The van der Waals surface area contributed by atoms with Crippen molar-refractivity contribution in [2.75, 3.05) is 0 Å². The van der Waals surface area contributed by atoms with Crippen LogP contribution in [0.15, 0.2) is 35.5 Å². The third kappa shape index (κ3) is 2.65. The summed E-state index contributed by atoms with van der Waals surface area (Å²) < 4.78 is 13.8. The molecule has 5 rings (SSSR count). The van der Waals surface area contributed by atoms with Crippen LogP contribution in [-0.4, -0.2) is 39.8 Å². The summed E-state index contributed by atoms with van der Waals surface area (Å²) in [5.74, 6) is -0.739. The van der Waals surface area contributed by atoms with Crippen LogP contribution in [0.3, 0.4) is 0 Å². The summed E-state index contributed by atoms with van der Waals surface area (Å²) in [6, 6.07) is 0. The van der Waals surface area contributed by atoms with Crippen molar-refractivity contribution in [3.8, 4) is 0 Å². The Hall–Kier alpha value is -1.56. The molecule has 3 fully saturated rings. The van der Waals surface area contributed by atoms with Crippen LogP contribution in [0.1, 0.15) is 74.1 Å². The van der Waals surface area contributed by atoms with Gasteiger partial charge in [0, 0.05) is 23.7 Å². The van der Waals surface area contributed by atoms with Crippen LogP contribution < -0.4 is 0 Å². The minimum atomic E-state index is -1.09. The summed E-state index contributed by atoms with van der Waals surface area (Å²) in [7, 11) is 0. The molecule has 3 aliphatic carbocycles. The van der Waals surface area contributed by atoms with Crippen molar-refractivity contribution in [1.82, 2.24) is 0 Å². The number of ether oxygens (including phenoxy) is 2. The quantitative estimate of drug-likeness (QED) is 0.670. The minimum absolute atomic E-state index is 0.0162. The molecule has 0 aromatic heterocycles. The fourth-order valence-corrected chi connectivity index (χ4v) is 7.71. The molecule has 0 aromatic rings. The van der Waals surface area contributed by atoms with Gasteiger partial charge in [-0.1, -0.05) is 39.0 Å². The van der Waals surface area contributed by atoms with E-state index >= 15 is 0 Å². The number of carbonyl (C=O) groups is 2. The molecule has 5 heteroatoms. The molecule has 33 heavy (non-hydrogen) atoms. The van der Waals surface area contributed by atoms with Gasteiger partial charge in [-0.05, 0) is 70.1 Å². The number of Topliss-reactive ketones (excluding diaryl/α,β-unsaturated/α-hetero) is 1. The Morgan fingerprint density at radius 1 is 1.06 bits per heavy atom. The van der Waals surface area contributed by atoms with Crippen molar-refractivity contribution in [3.05, 3.63) is 35.5 Å². The minimum Gasteiger partial charge on any atom is -0.387 e. The number of aliphatic hydroxyl groups excluding tert-OH is 1. The zero-order valence-corrected chi connectivity index (χ0v) is 21.0. The smallest absolute Gasteiger partial charge is 0.199 e. The fraction of sp³-hybridized carbons (Fsp3) is 0.714. The predicted molar refractivity (Wildman–Crippen MR) is 125 cm³/mol. The second kappa shape index (κ2) is 6.77. The summed E-state index contributed by atoms with van der Waals surface area (Å²) in [5, 5.41) is 11.5. The van der Waals surface area contributed by atoms with Crippen LogP contribution in [0.2, 0.25) is 0 Å². The average molecular weight is 455 g/mol. The summed E-state index contributed by atoms with van der Waals surface area (Å²) in [6.45, 7) is 14.1. The molecule has 8 unspecified atom stereocenters. The van der Waals surface area contributed by atoms with Gasteiger partial charge in [0.15, 0.2) is 11.6 Å². The van der Waals surface area contributed by atoms with Gasteiger partial charge in [0.25, 0.3) is 0 Å². The Bertz CT molecular complexity index is 1020. The van der Waals surface area contributed by atoms with Crippen LogP contribution in [0.4, 0.5) is 0 Å². The lowest BCUT2D eigenvalue weighted by Gasteiger charge is -2.60. The van der Waals surface area contributed by atoms with Crippen molar-refractivity contribution in [1.29, 1.82) is 0 Å². The second-order valence-electron chi connectivity index (χ2n) is 12.2. The average Bonchev–Trinajstić information content (AvgIpc) is 3.06.